The van der Waals surface area contributed by atoms with Crippen LogP contribution >= 0.6 is 11.3 Å². The fraction of sp³-hybridized carbons (Fsp3) is 0.0833. The van der Waals surface area contributed by atoms with E-state index in [0.717, 1.165) is 31.4 Å². The Bertz CT molecular complexity index is 1420. The van der Waals surface area contributed by atoms with E-state index in [0.29, 0.717) is 6.42 Å². The highest BCUT2D eigenvalue weighted by Gasteiger charge is 2.10. The van der Waals surface area contributed by atoms with E-state index in [1.807, 2.05) is 48.0 Å². The number of benzene rings is 4. The van der Waals surface area contributed by atoms with Crippen LogP contribution in [0.4, 0.5) is 0 Å². The molecule has 0 bridgehead atoms. The first-order chi connectivity index (χ1) is 13.7. The first kappa shape index (κ1) is 16.9. The molecule has 1 aromatic heterocycles. The number of carbonyl (C=O) groups excluding carboxylic acids is 1. The van der Waals surface area contributed by atoms with Crippen molar-refractivity contribution in [2.45, 2.75) is 6.42 Å². The van der Waals surface area contributed by atoms with Gasteiger partial charge in [-0.25, -0.2) is 0 Å². The molecule has 0 unspecified atom stereocenters. The van der Waals surface area contributed by atoms with E-state index in [9.17, 15) is 4.79 Å². The summed E-state index contributed by atoms with van der Waals surface area (Å²) < 4.78 is 3.17. The molecule has 1 heterocycles. The first-order valence-corrected chi connectivity index (χ1v) is 10.0. The van der Waals surface area contributed by atoms with Crippen LogP contribution in [0.3, 0.4) is 0 Å². The molecule has 0 fully saturated rings. The predicted octanol–water partition coefficient (Wildman–Crippen LogP) is 5.22. The lowest BCUT2D eigenvalue weighted by Gasteiger charge is -2.04. The molecule has 4 heteroatoms. The van der Waals surface area contributed by atoms with Crippen LogP contribution in [0, 0.1) is 0 Å². The van der Waals surface area contributed by atoms with Gasteiger partial charge in [0.25, 0.3) is 5.91 Å². The Labute approximate surface area is 166 Å². The van der Waals surface area contributed by atoms with Gasteiger partial charge < -0.3 is 4.57 Å². The standard InChI is InChI=1S/C24H18N2OS/c1-26-21-14-13-17-8-3-5-12-20(17)23(21)28-24(26)25-22(27)15-18-10-6-9-16-7-2-4-11-19(16)18/h2-14H,15H2,1H3. The van der Waals surface area contributed by atoms with Gasteiger partial charge in [0.1, 0.15) is 0 Å². The van der Waals surface area contributed by atoms with Gasteiger partial charge in [0.05, 0.1) is 16.6 Å². The highest BCUT2D eigenvalue weighted by Crippen LogP contribution is 2.27. The van der Waals surface area contributed by atoms with Gasteiger partial charge in [0.2, 0.25) is 0 Å². The van der Waals surface area contributed by atoms with Crippen molar-refractivity contribution in [3.05, 3.63) is 89.2 Å². The summed E-state index contributed by atoms with van der Waals surface area (Å²) in [6, 6.07) is 26.7. The minimum absolute atomic E-state index is 0.122. The van der Waals surface area contributed by atoms with E-state index >= 15 is 0 Å². The zero-order valence-corrected chi connectivity index (χ0v) is 16.2. The van der Waals surface area contributed by atoms with Crippen LogP contribution in [0.2, 0.25) is 0 Å². The summed E-state index contributed by atoms with van der Waals surface area (Å²) in [5, 5.41) is 4.65. The lowest BCUT2D eigenvalue weighted by Crippen LogP contribution is -2.14. The predicted molar refractivity (Wildman–Crippen MR) is 117 cm³/mol. The van der Waals surface area contributed by atoms with E-state index < -0.39 is 0 Å². The van der Waals surface area contributed by atoms with Gasteiger partial charge in [0.15, 0.2) is 4.80 Å². The van der Waals surface area contributed by atoms with E-state index in [-0.39, 0.29) is 5.91 Å². The van der Waals surface area contributed by atoms with Gasteiger partial charge in [-0.1, -0.05) is 84.1 Å². The minimum Gasteiger partial charge on any atom is -0.319 e. The Balaban J connectivity index is 1.58. The van der Waals surface area contributed by atoms with Crippen molar-refractivity contribution in [3.8, 4) is 0 Å². The summed E-state index contributed by atoms with van der Waals surface area (Å²) in [6.07, 6.45) is 0.302. The topological polar surface area (TPSA) is 34.4 Å². The maximum atomic E-state index is 12.7. The molecule has 0 saturated heterocycles. The van der Waals surface area contributed by atoms with Crippen LogP contribution in [0.15, 0.2) is 83.9 Å². The fourth-order valence-corrected chi connectivity index (χ4v) is 4.89. The maximum absolute atomic E-state index is 12.7. The zero-order valence-electron chi connectivity index (χ0n) is 15.4. The largest absolute Gasteiger partial charge is 0.319 e. The molecule has 0 saturated carbocycles. The number of amides is 1. The molecule has 4 aromatic carbocycles. The number of nitrogens with zero attached hydrogens (tertiary/aromatic N) is 2. The van der Waals surface area contributed by atoms with E-state index in [1.54, 1.807) is 11.3 Å². The van der Waals surface area contributed by atoms with Crippen molar-refractivity contribution in [1.82, 2.24) is 4.57 Å². The second kappa shape index (κ2) is 6.73. The van der Waals surface area contributed by atoms with E-state index in [4.69, 9.17) is 0 Å². The Morgan fingerprint density at radius 3 is 2.36 bits per heavy atom. The van der Waals surface area contributed by atoms with Crippen molar-refractivity contribution in [2.75, 3.05) is 0 Å². The third-order valence-corrected chi connectivity index (χ3v) is 6.32. The summed E-state index contributed by atoms with van der Waals surface area (Å²) >= 11 is 1.57. The molecule has 0 aliphatic carbocycles. The van der Waals surface area contributed by atoms with Crippen LogP contribution in [0.25, 0.3) is 31.8 Å². The zero-order chi connectivity index (χ0) is 19.1. The fourth-order valence-electron chi connectivity index (χ4n) is 3.72. The monoisotopic (exact) mass is 382 g/mol. The number of hydrogen-bond donors (Lipinski definition) is 0. The normalized spacial score (nSPS) is 12.2. The molecule has 0 aliphatic heterocycles. The summed E-state index contributed by atoms with van der Waals surface area (Å²) in [4.78, 5) is 17.9. The van der Waals surface area contributed by atoms with Gasteiger partial charge in [-0.3, -0.25) is 4.79 Å². The summed E-state index contributed by atoms with van der Waals surface area (Å²) in [5.74, 6) is -0.122. The van der Waals surface area contributed by atoms with Gasteiger partial charge in [-0.15, -0.1) is 0 Å². The van der Waals surface area contributed by atoms with Crippen LogP contribution in [0.5, 0.6) is 0 Å². The van der Waals surface area contributed by atoms with Crippen LogP contribution < -0.4 is 4.80 Å². The van der Waals surface area contributed by atoms with E-state index in [1.165, 1.54) is 10.8 Å². The number of hydrogen-bond acceptors (Lipinski definition) is 2. The Morgan fingerprint density at radius 1 is 0.857 bits per heavy atom. The lowest BCUT2D eigenvalue weighted by molar-refractivity contribution is -0.117. The summed E-state index contributed by atoms with van der Waals surface area (Å²) in [6.45, 7) is 0. The molecule has 0 N–H and O–H groups in total. The summed E-state index contributed by atoms with van der Waals surface area (Å²) in [5.41, 5.74) is 2.11. The molecule has 1 amide bonds. The third-order valence-electron chi connectivity index (χ3n) is 5.14. The molecule has 5 rings (SSSR count). The smallest absolute Gasteiger partial charge is 0.252 e. The van der Waals surface area contributed by atoms with Gasteiger partial charge in [0, 0.05) is 12.4 Å². The van der Waals surface area contributed by atoms with Crippen molar-refractivity contribution in [3.63, 3.8) is 0 Å². The van der Waals surface area contributed by atoms with Crippen molar-refractivity contribution in [1.29, 1.82) is 0 Å². The molecular weight excluding hydrogens is 364 g/mol. The lowest BCUT2D eigenvalue weighted by atomic mass is 10.0. The highest BCUT2D eigenvalue weighted by atomic mass is 32.1. The Morgan fingerprint density at radius 2 is 1.54 bits per heavy atom. The molecule has 3 nitrogen and oxygen atoms in total. The molecule has 0 radical (unpaired) electrons. The number of carbonyl (C=O) groups is 1. The minimum atomic E-state index is -0.122. The average Bonchev–Trinajstić information content (AvgIpc) is 3.04. The van der Waals surface area contributed by atoms with Gasteiger partial charge in [-0.05, 0) is 27.8 Å². The SMILES string of the molecule is Cn1c(=NC(=O)Cc2cccc3ccccc23)sc2c3ccccc3ccc21. The molecule has 28 heavy (non-hydrogen) atoms. The quantitative estimate of drug-likeness (QED) is 0.412. The maximum Gasteiger partial charge on any atom is 0.252 e. The Hall–Kier alpha value is -3.24. The highest BCUT2D eigenvalue weighted by molar-refractivity contribution is 7.17. The van der Waals surface area contributed by atoms with Crippen molar-refractivity contribution < 1.29 is 4.79 Å². The third kappa shape index (κ3) is 2.83. The number of rotatable bonds is 2. The molecule has 0 spiro atoms. The molecular formula is C24H18N2OS. The summed E-state index contributed by atoms with van der Waals surface area (Å²) in [7, 11) is 1.97. The Kier molecular flexibility index (Phi) is 4.06. The number of thiazole rings is 1. The molecule has 5 aromatic rings. The average molecular weight is 382 g/mol. The second-order valence-corrected chi connectivity index (χ2v) is 7.88. The van der Waals surface area contributed by atoms with E-state index in [2.05, 4.69) is 47.5 Å². The number of aryl methyl sites for hydroxylation is 1. The van der Waals surface area contributed by atoms with Gasteiger partial charge in [-0.2, -0.15) is 4.99 Å². The number of fused-ring (bicyclic) bond motifs is 4. The van der Waals surface area contributed by atoms with Crippen LogP contribution in [-0.4, -0.2) is 10.5 Å². The second-order valence-electron chi connectivity index (χ2n) is 6.90. The van der Waals surface area contributed by atoms with Gasteiger partial charge >= 0.3 is 0 Å². The molecule has 136 valence electrons. The van der Waals surface area contributed by atoms with Crippen LogP contribution in [0.1, 0.15) is 5.56 Å². The number of aromatic nitrogens is 1. The molecule has 0 aliphatic rings. The first-order valence-electron chi connectivity index (χ1n) is 9.22. The van der Waals surface area contributed by atoms with Crippen molar-refractivity contribution in [2.24, 2.45) is 12.0 Å². The van der Waals surface area contributed by atoms with Crippen molar-refractivity contribution >= 4 is 49.0 Å². The van der Waals surface area contributed by atoms with Crippen LogP contribution in [-0.2, 0) is 18.3 Å². The molecule has 0 atom stereocenters.